The maximum absolute atomic E-state index is 14.9. The fourth-order valence-corrected chi connectivity index (χ4v) is 6.03. The van der Waals surface area contributed by atoms with Crippen LogP contribution >= 0.6 is 0 Å². The highest BCUT2D eigenvalue weighted by atomic mass is 19.4. The molecule has 1 saturated carbocycles. The molecule has 2 heterocycles. The lowest BCUT2D eigenvalue weighted by Crippen LogP contribution is -2.42. The van der Waals surface area contributed by atoms with E-state index in [2.05, 4.69) is 9.47 Å². The minimum Gasteiger partial charge on any atom is -0.429 e. The van der Waals surface area contributed by atoms with Crippen LogP contribution in [0.2, 0.25) is 0 Å². The topological polar surface area (TPSA) is 46.2 Å². The van der Waals surface area contributed by atoms with Crippen molar-refractivity contribution in [2.24, 2.45) is 5.92 Å². The quantitative estimate of drug-likeness (QED) is 0.260. The highest BCUT2D eigenvalue weighted by Gasteiger charge is 2.62. The van der Waals surface area contributed by atoms with Crippen LogP contribution in [0.15, 0.2) is 30.3 Å². The van der Waals surface area contributed by atoms with Crippen molar-refractivity contribution < 1.29 is 67.6 Å². The molecule has 238 valence electrons. The Labute approximate surface area is 239 Å². The van der Waals surface area contributed by atoms with Crippen molar-refractivity contribution in [2.45, 2.75) is 81.5 Å². The second kappa shape index (κ2) is 11.1. The smallest absolute Gasteiger partial charge is 0.429 e. The minimum absolute atomic E-state index is 0.0704. The summed E-state index contributed by atoms with van der Waals surface area (Å²) >= 11 is 0. The lowest BCUT2D eigenvalue weighted by Gasteiger charge is -2.37. The first-order chi connectivity index (χ1) is 20.0. The fourth-order valence-electron chi connectivity index (χ4n) is 6.03. The predicted octanol–water partition coefficient (Wildman–Crippen LogP) is 8.36. The summed E-state index contributed by atoms with van der Waals surface area (Å²) in [5, 5.41) is 0. The molecule has 2 saturated heterocycles. The second-order valence-corrected chi connectivity index (χ2v) is 10.9. The summed E-state index contributed by atoms with van der Waals surface area (Å²) in [5.41, 5.74) is -3.83. The summed E-state index contributed by atoms with van der Waals surface area (Å²) in [6.45, 7) is 2.91. The van der Waals surface area contributed by atoms with E-state index in [9.17, 15) is 43.9 Å². The van der Waals surface area contributed by atoms with Crippen LogP contribution in [0.1, 0.15) is 68.1 Å². The van der Waals surface area contributed by atoms with Gasteiger partial charge in [0.25, 0.3) is 5.97 Å². The Morgan fingerprint density at radius 2 is 1.42 bits per heavy atom. The van der Waals surface area contributed by atoms with Gasteiger partial charge in [0.05, 0.1) is 18.8 Å². The zero-order valence-corrected chi connectivity index (χ0v) is 22.5. The molecule has 3 aliphatic rings. The molecule has 15 heteroatoms. The van der Waals surface area contributed by atoms with Gasteiger partial charge >= 0.3 is 18.6 Å². The summed E-state index contributed by atoms with van der Waals surface area (Å²) in [5.74, 6) is -8.90. The van der Waals surface area contributed by atoms with Crippen LogP contribution in [-0.4, -0.2) is 31.2 Å². The van der Waals surface area contributed by atoms with Crippen LogP contribution < -0.4 is 4.74 Å². The van der Waals surface area contributed by atoms with Crippen LogP contribution in [0.5, 0.6) is 5.75 Å². The first-order valence-corrected chi connectivity index (χ1v) is 13.5. The average Bonchev–Trinajstić information content (AvgIpc) is 3.44. The van der Waals surface area contributed by atoms with Crippen molar-refractivity contribution in [2.75, 3.05) is 13.2 Å². The molecule has 0 spiro atoms. The summed E-state index contributed by atoms with van der Waals surface area (Å²) in [7, 11) is 0. The van der Waals surface area contributed by atoms with E-state index in [0.717, 1.165) is 25.0 Å². The van der Waals surface area contributed by atoms with Crippen LogP contribution in [0, 0.1) is 23.4 Å². The van der Waals surface area contributed by atoms with E-state index in [4.69, 9.17) is 14.2 Å². The van der Waals surface area contributed by atoms with Gasteiger partial charge in [-0.15, -0.1) is 13.2 Å². The summed E-state index contributed by atoms with van der Waals surface area (Å²) in [6.07, 6.45) is -12.0. The van der Waals surface area contributed by atoms with Crippen molar-refractivity contribution >= 4 is 0 Å². The molecule has 5 nitrogen and oxygen atoms in total. The fraction of sp³-hybridized carbons (Fsp3) is 0.571. The molecular formula is C28H26F10O5. The maximum atomic E-state index is 14.9. The van der Waals surface area contributed by atoms with Gasteiger partial charge in [-0.05, 0) is 55.7 Å². The third-order valence-electron chi connectivity index (χ3n) is 7.94. The normalized spacial score (nSPS) is 28.0. The molecule has 5 rings (SSSR count). The van der Waals surface area contributed by atoms with Gasteiger partial charge in [-0.3, -0.25) is 0 Å². The SMILES string of the molecule is CCCC12COC(C3CCC(c4ccc(C(F)(F)Oc5cc(F)c(C(F)(F)OC(F)(F)F)c(F)c5)c(F)c4)CC3)(OC1)O2. The lowest BCUT2D eigenvalue weighted by molar-refractivity contribution is -0.432. The van der Waals surface area contributed by atoms with Crippen molar-refractivity contribution in [3.63, 3.8) is 0 Å². The number of hydrogen-bond acceptors (Lipinski definition) is 5. The van der Waals surface area contributed by atoms with E-state index in [-0.39, 0.29) is 24.0 Å². The Morgan fingerprint density at radius 3 is 1.95 bits per heavy atom. The lowest BCUT2D eigenvalue weighted by atomic mass is 9.77. The Hall–Kier alpha value is -2.62. The highest BCUT2D eigenvalue weighted by molar-refractivity contribution is 5.34. The summed E-state index contributed by atoms with van der Waals surface area (Å²) < 4.78 is 161. The molecule has 2 aromatic rings. The number of ether oxygens (including phenoxy) is 5. The average molecular weight is 632 g/mol. The van der Waals surface area contributed by atoms with Crippen molar-refractivity contribution in [1.29, 1.82) is 0 Å². The van der Waals surface area contributed by atoms with E-state index in [0.29, 0.717) is 44.5 Å². The van der Waals surface area contributed by atoms with Gasteiger partial charge in [0.1, 0.15) is 34.4 Å². The molecule has 0 atom stereocenters. The highest BCUT2D eigenvalue weighted by Crippen LogP contribution is 2.52. The van der Waals surface area contributed by atoms with E-state index in [1.165, 1.54) is 6.07 Å². The number of hydrogen-bond donors (Lipinski definition) is 0. The number of benzene rings is 2. The number of rotatable bonds is 9. The van der Waals surface area contributed by atoms with Crippen molar-refractivity contribution in [3.8, 4) is 5.75 Å². The van der Waals surface area contributed by atoms with Gasteiger partial charge in [0.15, 0.2) is 0 Å². The largest absolute Gasteiger partial charge is 0.527 e. The molecule has 0 unspecified atom stereocenters. The van der Waals surface area contributed by atoms with Crippen LogP contribution in [0.4, 0.5) is 43.9 Å². The van der Waals surface area contributed by atoms with Crippen molar-refractivity contribution in [1.82, 2.24) is 0 Å². The summed E-state index contributed by atoms with van der Waals surface area (Å²) in [6, 6.07) is 2.48. The maximum Gasteiger partial charge on any atom is 0.527 e. The zero-order valence-electron chi connectivity index (χ0n) is 22.5. The standard InChI is InChI=1S/C28H26F10O5/c1-2-9-24-13-39-27(42-24,40-14-24)17-6-3-15(4-7-17)16-5-8-19(20(29)10-16)25(32,33)41-18-11-21(30)23(22(31)12-18)26(34,35)43-28(36,37)38/h5,8,10-12,15,17H,2-4,6-7,9,13-14H2,1H3. The molecule has 0 aromatic heterocycles. The first kappa shape index (κ1) is 31.8. The monoisotopic (exact) mass is 632 g/mol. The van der Waals surface area contributed by atoms with Crippen molar-refractivity contribution in [3.05, 3.63) is 64.5 Å². The molecule has 0 radical (unpaired) electrons. The van der Waals surface area contributed by atoms with E-state index < -0.39 is 64.5 Å². The Morgan fingerprint density at radius 1 is 0.814 bits per heavy atom. The summed E-state index contributed by atoms with van der Waals surface area (Å²) in [4.78, 5) is 0. The third kappa shape index (κ3) is 6.31. The van der Waals surface area contributed by atoms with E-state index in [1.54, 1.807) is 0 Å². The first-order valence-electron chi connectivity index (χ1n) is 13.5. The van der Waals surface area contributed by atoms with Crippen LogP contribution in [0.3, 0.4) is 0 Å². The minimum atomic E-state index is -5.97. The Kier molecular flexibility index (Phi) is 8.19. The van der Waals surface area contributed by atoms with E-state index >= 15 is 0 Å². The van der Waals surface area contributed by atoms with Gasteiger partial charge in [-0.2, -0.15) is 17.6 Å². The molecule has 2 bridgehead atoms. The van der Waals surface area contributed by atoms with Gasteiger partial charge in [0.2, 0.25) is 0 Å². The molecule has 43 heavy (non-hydrogen) atoms. The zero-order chi connectivity index (χ0) is 31.4. The second-order valence-electron chi connectivity index (χ2n) is 10.9. The Balaban J connectivity index is 1.25. The molecule has 0 N–H and O–H groups in total. The molecule has 1 aliphatic carbocycles. The van der Waals surface area contributed by atoms with Gasteiger partial charge in [-0.25, -0.2) is 17.9 Å². The molecule has 3 fully saturated rings. The number of alkyl halides is 7. The Bertz CT molecular complexity index is 1310. The third-order valence-corrected chi connectivity index (χ3v) is 7.94. The van der Waals surface area contributed by atoms with Gasteiger partial charge < -0.3 is 18.9 Å². The number of fused-ring (bicyclic) bond motifs is 2. The van der Waals surface area contributed by atoms with Gasteiger partial charge in [-0.1, -0.05) is 19.4 Å². The van der Waals surface area contributed by atoms with E-state index in [1.807, 2.05) is 6.92 Å². The predicted molar refractivity (Wildman–Crippen MR) is 126 cm³/mol. The number of halogens is 10. The van der Waals surface area contributed by atoms with Gasteiger partial charge in [0, 0.05) is 18.1 Å². The van der Waals surface area contributed by atoms with Crippen LogP contribution in [-0.2, 0) is 31.2 Å². The molecular weight excluding hydrogens is 606 g/mol. The molecule has 0 amide bonds. The molecule has 2 aliphatic heterocycles. The van der Waals surface area contributed by atoms with Crippen LogP contribution in [0.25, 0.3) is 0 Å². The molecule has 2 aromatic carbocycles.